The fraction of sp³-hybridized carbons (Fsp3) is 0.647. The lowest BCUT2D eigenvalue weighted by molar-refractivity contribution is -0.305. The summed E-state index contributed by atoms with van der Waals surface area (Å²) in [5.74, 6) is -1.26. The maximum Gasteiger partial charge on any atom is 0.306 e. The zero-order valence-electron chi connectivity index (χ0n) is 49.4. The minimum atomic E-state index is -1.63. The van der Waals surface area contributed by atoms with E-state index in [-0.39, 0.29) is 19.4 Å². The molecule has 1 rings (SSSR count). The fourth-order valence-electron chi connectivity index (χ4n) is 8.82. The third-order valence-corrected chi connectivity index (χ3v) is 13.7. The second-order valence-corrected chi connectivity index (χ2v) is 20.8. The number of aliphatic hydroxyl groups is 5. The quantitative estimate of drug-likeness (QED) is 0.0149. The van der Waals surface area contributed by atoms with Crippen LogP contribution in [0.15, 0.2) is 134 Å². The van der Waals surface area contributed by atoms with Crippen molar-refractivity contribution < 1.29 is 49.3 Å². The molecule has 0 saturated carbocycles. The fourth-order valence-corrected chi connectivity index (χ4v) is 8.82. The summed E-state index contributed by atoms with van der Waals surface area (Å²) in [5.41, 5.74) is 0. The van der Waals surface area contributed by atoms with E-state index < -0.39 is 67.4 Å². The van der Waals surface area contributed by atoms with Gasteiger partial charge in [0.15, 0.2) is 12.4 Å². The van der Waals surface area contributed by atoms with Crippen LogP contribution in [0.3, 0.4) is 0 Å². The number of allylic oxidation sites excluding steroid dienone is 21. The van der Waals surface area contributed by atoms with Gasteiger partial charge < -0.3 is 45.1 Å². The second kappa shape index (κ2) is 54.4. The van der Waals surface area contributed by atoms with Crippen LogP contribution in [0.25, 0.3) is 0 Å². The predicted octanol–water partition coefficient (Wildman–Crippen LogP) is 14.8. The number of hydrogen-bond acceptors (Lipinski definition) is 10. The highest BCUT2D eigenvalue weighted by atomic mass is 16.7. The molecule has 1 fully saturated rings. The summed E-state index contributed by atoms with van der Waals surface area (Å²) >= 11 is 0. The molecule has 0 radical (unpaired) electrons. The lowest BCUT2D eigenvalue weighted by atomic mass is 9.99. The van der Waals surface area contributed by atoms with Crippen LogP contribution in [0.5, 0.6) is 0 Å². The number of carbonyl (C=O) groups is 2. The first-order valence-electron chi connectivity index (χ1n) is 31.0. The largest absolute Gasteiger partial charge is 0.454 e. The Labute approximate surface area is 480 Å². The van der Waals surface area contributed by atoms with Crippen molar-refractivity contribution in [2.45, 2.75) is 269 Å². The predicted molar refractivity (Wildman–Crippen MR) is 328 cm³/mol. The highest BCUT2D eigenvalue weighted by molar-refractivity contribution is 5.80. The molecule has 0 aromatic carbocycles. The number of hydrogen-bond donors (Lipinski definition) is 6. The van der Waals surface area contributed by atoms with Gasteiger partial charge in [0.05, 0.1) is 25.4 Å². The van der Waals surface area contributed by atoms with Gasteiger partial charge in [-0.15, -0.1) is 0 Å². The zero-order valence-corrected chi connectivity index (χ0v) is 49.4. The molecule has 8 unspecified atom stereocenters. The van der Waals surface area contributed by atoms with Crippen molar-refractivity contribution in [2.75, 3.05) is 13.2 Å². The number of rotatable bonds is 50. The van der Waals surface area contributed by atoms with Crippen molar-refractivity contribution in [2.24, 2.45) is 0 Å². The Balaban J connectivity index is 2.64. The molecule has 0 spiro atoms. The van der Waals surface area contributed by atoms with Gasteiger partial charge in [0.1, 0.15) is 24.4 Å². The molecule has 6 N–H and O–H groups in total. The molecule has 1 amide bonds. The number of esters is 1. The summed E-state index contributed by atoms with van der Waals surface area (Å²) in [6, 6.07) is -1.06. The summed E-state index contributed by atoms with van der Waals surface area (Å²) in [4.78, 5) is 26.5. The molecular weight excluding hydrogens is 991 g/mol. The number of amides is 1. The average molecular weight is 1100 g/mol. The van der Waals surface area contributed by atoms with E-state index in [0.29, 0.717) is 12.8 Å². The van der Waals surface area contributed by atoms with Gasteiger partial charge in [-0.05, 0) is 89.9 Å². The van der Waals surface area contributed by atoms with Crippen LogP contribution in [-0.4, -0.2) is 99.6 Å². The van der Waals surface area contributed by atoms with Crippen LogP contribution in [-0.2, 0) is 23.8 Å². The van der Waals surface area contributed by atoms with Gasteiger partial charge in [0, 0.05) is 6.42 Å². The third-order valence-electron chi connectivity index (χ3n) is 13.7. The molecule has 1 saturated heterocycles. The lowest BCUT2D eigenvalue weighted by Crippen LogP contribution is -2.61. The number of nitrogens with one attached hydrogen (secondary N) is 1. The van der Waals surface area contributed by atoms with Crippen LogP contribution >= 0.6 is 0 Å². The first kappa shape index (κ1) is 72.8. The number of unbranched alkanes of at least 4 members (excludes halogenated alkanes) is 20. The van der Waals surface area contributed by atoms with Crippen molar-refractivity contribution in [1.82, 2.24) is 5.32 Å². The van der Waals surface area contributed by atoms with Gasteiger partial charge in [-0.25, -0.2) is 0 Å². The number of aliphatic hydroxyl groups excluding tert-OH is 5. The standard InChI is InChI=1S/C68H111NO10/c1-4-7-10-13-16-19-22-24-26-27-28-29-30-31-32-33-34-35-36-38-41-44-47-50-53-56-63(73)79-66-65(75)64(74)62(57-70)78-68(66)77-58-59(60(71)54-51-48-45-42-39-21-18-15-12-9-6-3)69-67(76)61(72)55-52-49-46-43-40-37-25-23-20-17-14-11-8-5-2/h7-8,10-11,14,16-17,19-20,23-26,28-29,31-32,37,40,43,51,54,59-62,64-66,68,70-72,74-75H,4-6,9,12-13,15,18,21-22,27,30,33-36,38-39,41-42,44-50,52-53,55-58H2,1-3H3,(H,69,76)/b10-7-,11-8+,17-14+,19-16-,23-20-,26-24-,29-28-,32-31-,37-25-,43-40+,54-51+. The van der Waals surface area contributed by atoms with Gasteiger partial charge >= 0.3 is 5.97 Å². The highest BCUT2D eigenvalue weighted by Crippen LogP contribution is 2.26. The zero-order chi connectivity index (χ0) is 57.5. The van der Waals surface area contributed by atoms with Crippen LogP contribution in [0.1, 0.15) is 220 Å². The molecule has 11 nitrogen and oxygen atoms in total. The molecule has 0 aliphatic carbocycles. The van der Waals surface area contributed by atoms with E-state index in [9.17, 15) is 35.1 Å². The number of carbonyl (C=O) groups excluding carboxylic acids is 2. The Morgan fingerprint density at radius 2 is 0.975 bits per heavy atom. The smallest absolute Gasteiger partial charge is 0.306 e. The lowest BCUT2D eigenvalue weighted by Gasteiger charge is -2.41. The molecule has 11 heteroatoms. The van der Waals surface area contributed by atoms with E-state index in [1.165, 1.54) is 64.2 Å². The van der Waals surface area contributed by atoms with Gasteiger partial charge in [-0.2, -0.15) is 0 Å². The molecule has 0 aromatic rings. The van der Waals surface area contributed by atoms with E-state index in [0.717, 1.165) is 109 Å². The van der Waals surface area contributed by atoms with E-state index in [2.05, 4.69) is 92.9 Å². The highest BCUT2D eigenvalue weighted by Gasteiger charge is 2.47. The van der Waals surface area contributed by atoms with Gasteiger partial charge in [0.2, 0.25) is 5.91 Å². The van der Waals surface area contributed by atoms with Gasteiger partial charge in [-0.3, -0.25) is 9.59 Å². The molecular formula is C68H111NO10. The van der Waals surface area contributed by atoms with Crippen molar-refractivity contribution in [3.8, 4) is 0 Å². The summed E-state index contributed by atoms with van der Waals surface area (Å²) in [7, 11) is 0. The minimum absolute atomic E-state index is 0.102. The summed E-state index contributed by atoms with van der Waals surface area (Å²) in [6.45, 7) is 5.47. The van der Waals surface area contributed by atoms with Gasteiger partial charge in [-0.1, -0.05) is 257 Å². The molecule has 0 aromatic heterocycles. The monoisotopic (exact) mass is 1100 g/mol. The molecule has 1 heterocycles. The average Bonchev–Trinajstić information content (AvgIpc) is 3.47. The number of ether oxygens (including phenoxy) is 3. The molecule has 0 bridgehead atoms. The molecule has 79 heavy (non-hydrogen) atoms. The Morgan fingerprint density at radius 1 is 0.519 bits per heavy atom. The molecule has 448 valence electrons. The SMILES string of the molecule is CC/C=C\C/C=C\C/C=C\C/C=C\C/C=C\CCCCCCCCCCCC(=O)OC1C(OCC(NC(=O)C(O)CCCC/C=C/C=C\C=C/C=C/C=C/CC)C(O)/C=C/CCCCCCCCCCC)OC(CO)C(O)C1O. The van der Waals surface area contributed by atoms with Crippen molar-refractivity contribution in [1.29, 1.82) is 0 Å². The molecule has 1 aliphatic rings. The van der Waals surface area contributed by atoms with Crippen LogP contribution < -0.4 is 5.32 Å². The van der Waals surface area contributed by atoms with Gasteiger partial charge in [0.25, 0.3) is 0 Å². The first-order chi connectivity index (χ1) is 38.7. The summed E-state index contributed by atoms with van der Waals surface area (Å²) < 4.78 is 17.6. The van der Waals surface area contributed by atoms with Crippen molar-refractivity contribution in [3.63, 3.8) is 0 Å². The minimum Gasteiger partial charge on any atom is -0.454 e. The summed E-state index contributed by atoms with van der Waals surface area (Å²) in [6.07, 6.45) is 66.4. The van der Waals surface area contributed by atoms with E-state index in [4.69, 9.17) is 14.2 Å². The third kappa shape index (κ3) is 42.3. The van der Waals surface area contributed by atoms with Crippen LogP contribution in [0, 0.1) is 0 Å². The van der Waals surface area contributed by atoms with Crippen molar-refractivity contribution in [3.05, 3.63) is 134 Å². The van der Waals surface area contributed by atoms with Crippen LogP contribution in [0.2, 0.25) is 0 Å². The maximum atomic E-state index is 13.4. The van der Waals surface area contributed by atoms with E-state index in [1.54, 1.807) is 6.08 Å². The Hall–Kier alpha value is -4.20. The van der Waals surface area contributed by atoms with Crippen LogP contribution in [0.4, 0.5) is 0 Å². The first-order valence-corrected chi connectivity index (χ1v) is 31.0. The molecule has 8 atom stereocenters. The normalized spacial score (nSPS) is 19.8. The topological polar surface area (TPSA) is 175 Å². The molecule has 1 aliphatic heterocycles. The van der Waals surface area contributed by atoms with E-state index in [1.807, 2.05) is 60.8 Å². The second-order valence-electron chi connectivity index (χ2n) is 20.8. The Bertz CT molecular complexity index is 1790. The summed E-state index contributed by atoms with van der Waals surface area (Å²) in [5, 5.41) is 56.9. The Kier molecular flexibility index (Phi) is 50.1. The van der Waals surface area contributed by atoms with E-state index >= 15 is 0 Å². The Morgan fingerprint density at radius 3 is 1.52 bits per heavy atom. The van der Waals surface area contributed by atoms with Crippen molar-refractivity contribution >= 4 is 11.9 Å². The maximum absolute atomic E-state index is 13.4.